The number of piperazine rings is 1. The lowest BCUT2D eigenvalue weighted by atomic mass is 9.80. The number of halogens is 1. The Bertz CT molecular complexity index is 450. The van der Waals surface area contributed by atoms with E-state index in [2.05, 4.69) is 16.3 Å². The minimum absolute atomic E-state index is 0.183. The summed E-state index contributed by atoms with van der Waals surface area (Å²) >= 11 is 6.15. The highest BCUT2D eigenvalue weighted by Crippen LogP contribution is 2.40. The molecule has 1 aliphatic heterocycles. The lowest BCUT2D eigenvalue weighted by Crippen LogP contribution is -2.47. The summed E-state index contributed by atoms with van der Waals surface area (Å²) in [5, 5.41) is 13.6. The molecule has 1 aromatic rings. The summed E-state index contributed by atoms with van der Waals surface area (Å²) in [6.45, 7) is 4.32. The smallest absolute Gasteiger partial charge is 0.134 e. The summed E-state index contributed by atoms with van der Waals surface area (Å²) < 4.78 is 0. The van der Waals surface area contributed by atoms with E-state index < -0.39 is 0 Å². The van der Waals surface area contributed by atoms with Crippen LogP contribution in [-0.2, 0) is 0 Å². The Kier molecular flexibility index (Phi) is 5.04. The molecule has 1 aliphatic carbocycles. The fourth-order valence-corrected chi connectivity index (χ4v) is 4.09. The van der Waals surface area contributed by atoms with Crippen LogP contribution in [0.25, 0.3) is 0 Å². The van der Waals surface area contributed by atoms with Gasteiger partial charge in [0.15, 0.2) is 0 Å². The van der Waals surface area contributed by atoms with E-state index in [9.17, 15) is 5.11 Å². The number of aromatic hydroxyl groups is 1. The first-order valence-corrected chi connectivity index (χ1v) is 8.56. The molecule has 0 unspecified atom stereocenters. The van der Waals surface area contributed by atoms with Crippen LogP contribution >= 0.6 is 11.6 Å². The fraction of sp³-hybridized carbons (Fsp3) is 0.647. The van der Waals surface area contributed by atoms with Crippen LogP contribution in [0.4, 0.5) is 0 Å². The van der Waals surface area contributed by atoms with Crippen molar-refractivity contribution >= 4 is 11.6 Å². The molecule has 1 saturated carbocycles. The van der Waals surface area contributed by atoms with Crippen molar-refractivity contribution in [3.8, 4) is 5.75 Å². The van der Waals surface area contributed by atoms with E-state index in [0.717, 1.165) is 32.1 Å². The van der Waals surface area contributed by atoms with Gasteiger partial charge in [-0.2, -0.15) is 0 Å². The van der Waals surface area contributed by atoms with E-state index in [0.29, 0.717) is 11.1 Å². The Morgan fingerprint density at radius 1 is 1.14 bits per heavy atom. The van der Waals surface area contributed by atoms with Crippen molar-refractivity contribution in [3.63, 3.8) is 0 Å². The summed E-state index contributed by atoms with van der Waals surface area (Å²) in [5.74, 6) is 0.903. The first kappa shape index (κ1) is 15.1. The zero-order valence-corrected chi connectivity index (χ0v) is 13.3. The van der Waals surface area contributed by atoms with E-state index in [4.69, 9.17) is 11.6 Å². The predicted octanol–water partition coefficient (Wildman–Crippen LogP) is 3.57. The molecule has 4 heteroatoms. The second-order valence-corrected chi connectivity index (χ2v) is 6.75. The van der Waals surface area contributed by atoms with E-state index >= 15 is 0 Å². The number of hydrogen-bond donors (Lipinski definition) is 2. The van der Waals surface area contributed by atoms with E-state index in [1.54, 1.807) is 6.07 Å². The van der Waals surface area contributed by atoms with Gasteiger partial charge >= 0.3 is 0 Å². The zero-order valence-electron chi connectivity index (χ0n) is 12.5. The van der Waals surface area contributed by atoms with Crippen LogP contribution in [0.15, 0.2) is 18.2 Å². The van der Waals surface area contributed by atoms with E-state index in [-0.39, 0.29) is 5.75 Å². The van der Waals surface area contributed by atoms with Gasteiger partial charge < -0.3 is 10.4 Å². The Morgan fingerprint density at radius 2 is 1.86 bits per heavy atom. The minimum atomic E-state index is 0.183. The Labute approximate surface area is 132 Å². The number of nitrogens with one attached hydrogen (secondary N) is 1. The third-order valence-electron chi connectivity index (χ3n) is 4.95. The first-order chi connectivity index (χ1) is 10.3. The molecule has 0 radical (unpaired) electrons. The average molecular weight is 309 g/mol. The van der Waals surface area contributed by atoms with Crippen molar-refractivity contribution in [1.82, 2.24) is 10.2 Å². The molecule has 1 saturated heterocycles. The number of hydrogen-bond acceptors (Lipinski definition) is 3. The second kappa shape index (κ2) is 6.99. The van der Waals surface area contributed by atoms with Crippen LogP contribution < -0.4 is 5.32 Å². The van der Waals surface area contributed by atoms with E-state index in [1.807, 2.05) is 6.07 Å². The number of phenols is 1. The molecule has 0 aromatic heterocycles. The van der Waals surface area contributed by atoms with Crippen LogP contribution in [0.5, 0.6) is 5.75 Å². The van der Waals surface area contributed by atoms with Crippen molar-refractivity contribution in [3.05, 3.63) is 28.8 Å². The maximum atomic E-state index is 9.69. The maximum absolute atomic E-state index is 9.69. The highest BCUT2D eigenvalue weighted by Gasteiger charge is 2.31. The topological polar surface area (TPSA) is 35.5 Å². The van der Waals surface area contributed by atoms with Gasteiger partial charge in [-0.05, 0) is 36.5 Å². The second-order valence-electron chi connectivity index (χ2n) is 6.34. The van der Waals surface area contributed by atoms with Crippen molar-refractivity contribution < 1.29 is 5.11 Å². The van der Waals surface area contributed by atoms with Gasteiger partial charge in [0, 0.05) is 32.2 Å². The zero-order chi connectivity index (χ0) is 14.7. The van der Waals surface area contributed by atoms with Gasteiger partial charge in [-0.1, -0.05) is 36.9 Å². The molecule has 0 bridgehead atoms. The van der Waals surface area contributed by atoms with E-state index in [1.165, 1.54) is 37.7 Å². The van der Waals surface area contributed by atoms with Crippen molar-refractivity contribution in [2.45, 2.75) is 38.1 Å². The summed E-state index contributed by atoms with van der Waals surface area (Å²) in [7, 11) is 0. The molecule has 3 nitrogen and oxygen atoms in total. The fourth-order valence-electron chi connectivity index (χ4n) is 3.90. The molecule has 1 heterocycles. The highest BCUT2D eigenvalue weighted by molar-refractivity contribution is 6.32. The molecule has 116 valence electrons. The lowest BCUT2D eigenvalue weighted by molar-refractivity contribution is 0.103. The van der Waals surface area contributed by atoms with Gasteiger partial charge in [0.25, 0.3) is 0 Å². The number of rotatable bonds is 3. The summed E-state index contributed by atoms with van der Waals surface area (Å²) in [6, 6.07) is 6.22. The van der Waals surface area contributed by atoms with Gasteiger partial charge in [0.05, 0.1) is 5.02 Å². The largest absolute Gasteiger partial charge is 0.506 e. The van der Waals surface area contributed by atoms with Gasteiger partial charge in [0.2, 0.25) is 0 Å². The monoisotopic (exact) mass is 308 g/mol. The number of phenolic OH excluding ortho intramolecular Hbond substituents is 1. The molecule has 2 aliphatic rings. The standard InChI is InChI=1S/C17H25ClN2O/c18-15-12-14(6-7-16(15)21)17(13-4-2-1-3-5-13)20-10-8-19-9-11-20/h6-7,12-13,17,19,21H,1-5,8-11H2/t17-/m0/s1. The van der Waals surface area contributed by atoms with Gasteiger partial charge in [-0.25, -0.2) is 0 Å². The lowest BCUT2D eigenvalue weighted by Gasteiger charge is -2.41. The van der Waals surface area contributed by atoms with Crippen LogP contribution in [0.3, 0.4) is 0 Å². The summed E-state index contributed by atoms with van der Waals surface area (Å²) in [5.41, 5.74) is 1.27. The van der Waals surface area contributed by atoms with Crippen LogP contribution in [-0.4, -0.2) is 36.2 Å². The van der Waals surface area contributed by atoms with Gasteiger partial charge in [-0.3, -0.25) is 4.90 Å². The van der Waals surface area contributed by atoms with Crippen molar-refractivity contribution in [1.29, 1.82) is 0 Å². The normalized spacial score (nSPS) is 23.1. The quantitative estimate of drug-likeness (QED) is 0.896. The molecular weight excluding hydrogens is 284 g/mol. The van der Waals surface area contributed by atoms with Crippen molar-refractivity contribution in [2.24, 2.45) is 5.92 Å². The minimum Gasteiger partial charge on any atom is -0.506 e. The van der Waals surface area contributed by atoms with Gasteiger partial charge in [-0.15, -0.1) is 0 Å². The first-order valence-electron chi connectivity index (χ1n) is 8.19. The van der Waals surface area contributed by atoms with Crippen molar-refractivity contribution in [2.75, 3.05) is 26.2 Å². The molecule has 0 spiro atoms. The van der Waals surface area contributed by atoms with Gasteiger partial charge in [0.1, 0.15) is 5.75 Å². The average Bonchev–Trinajstić information content (AvgIpc) is 2.53. The Hall–Kier alpha value is -0.770. The third kappa shape index (κ3) is 3.53. The predicted molar refractivity (Wildman–Crippen MR) is 86.9 cm³/mol. The maximum Gasteiger partial charge on any atom is 0.134 e. The molecule has 21 heavy (non-hydrogen) atoms. The molecule has 1 atom stereocenters. The molecule has 0 amide bonds. The Balaban J connectivity index is 1.87. The van der Waals surface area contributed by atoms with Crippen LogP contribution in [0, 0.1) is 5.92 Å². The number of nitrogens with zero attached hydrogens (tertiary/aromatic N) is 1. The van der Waals surface area contributed by atoms with Crippen LogP contribution in [0.2, 0.25) is 5.02 Å². The molecule has 2 fully saturated rings. The third-order valence-corrected chi connectivity index (χ3v) is 5.26. The molecule has 1 aromatic carbocycles. The highest BCUT2D eigenvalue weighted by atomic mass is 35.5. The summed E-state index contributed by atoms with van der Waals surface area (Å²) in [4.78, 5) is 2.61. The SMILES string of the molecule is Oc1ccc([C@H](C2CCCCC2)N2CCNCC2)cc1Cl. The molecule has 2 N–H and O–H groups in total. The molecule has 3 rings (SSSR count). The Morgan fingerprint density at radius 3 is 2.52 bits per heavy atom. The summed E-state index contributed by atoms with van der Waals surface area (Å²) in [6.07, 6.45) is 6.69. The van der Waals surface area contributed by atoms with Crippen LogP contribution in [0.1, 0.15) is 43.7 Å². The number of benzene rings is 1. The molecular formula is C17H25ClN2O.